The summed E-state index contributed by atoms with van der Waals surface area (Å²) >= 11 is 3.63. The van der Waals surface area contributed by atoms with E-state index in [2.05, 4.69) is 62.0 Å². The predicted octanol–water partition coefficient (Wildman–Crippen LogP) is 5.46. The van der Waals surface area contributed by atoms with Crippen molar-refractivity contribution in [2.75, 3.05) is 44.2 Å². The molecule has 0 radical (unpaired) electrons. The summed E-state index contributed by atoms with van der Waals surface area (Å²) in [5, 5.41) is 3.06. The predicted molar refractivity (Wildman–Crippen MR) is 144 cm³/mol. The van der Waals surface area contributed by atoms with Crippen LogP contribution in [0.3, 0.4) is 0 Å². The number of unbranched alkanes of at least 4 members (excludes halogenated alkanes) is 1. The fourth-order valence-corrected chi connectivity index (χ4v) is 4.85. The molecule has 3 aromatic rings. The smallest absolute Gasteiger partial charge is 0.251 e. The summed E-state index contributed by atoms with van der Waals surface area (Å²) in [4.78, 5) is 21.8. The lowest BCUT2D eigenvalue weighted by atomic mass is 10.1. The van der Waals surface area contributed by atoms with Crippen LogP contribution >= 0.6 is 15.9 Å². The highest BCUT2D eigenvalue weighted by Crippen LogP contribution is 2.29. The van der Waals surface area contributed by atoms with Crippen LogP contribution in [0.2, 0.25) is 0 Å². The van der Waals surface area contributed by atoms with Crippen LogP contribution in [0.4, 0.5) is 5.69 Å². The Bertz CT molecular complexity index is 1090. The second-order valence-electron chi connectivity index (χ2n) is 8.90. The number of hydrogen-bond donors (Lipinski definition) is 1. The minimum Gasteiger partial charge on any atom is -0.369 e. The highest BCUT2D eigenvalue weighted by molar-refractivity contribution is 9.10. The molecular formula is C28H33BrN4O. The number of aromatic nitrogens is 1. The Hall–Kier alpha value is -2.70. The minimum absolute atomic E-state index is 0.0126. The van der Waals surface area contributed by atoms with Crippen molar-refractivity contribution in [2.45, 2.75) is 26.7 Å². The van der Waals surface area contributed by atoms with Crippen LogP contribution in [-0.2, 0) is 0 Å². The van der Waals surface area contributed by atoms with Gasteiger partial charge in [0.1, 0.15) is 0 Å². The van der Waals surface area contributed by atoms with E-state index in [1.807, 2.05) is 42.5 Å². The van der Waals surface area contributed by atoms with Gasteiger partial charge in [0.05, 0.1) is 5.69 Å². The summed E-state index contributed by atoms with van der Waals surface area (Å²) in [6, 6.07) is 17.9. The lowest BCUT2D eigenvalue weighted by molar-refractivity contribution is 0.0952. The quantitative estimate of drug-likeness (QED) is 0.400. The molecule has 0 spiro atoms. The maximum absolute atomic E-state index is 12.5. The average Bonchev–Trinajstić information content (AvgIpc) is 2.88. The summed E-state index contributed by atoms with van der Waals surface area (Å²) in [7, 11) is 0. The van der Waals surface area contributed by atoms with Crippen molar-refractivity contribution < 1.29 is 4.79 Å². The van der Waals surface area contributed by atoms with Crippen molar-refractivity contribution in [3.05, 3.63) is 82.0 Å². The fraction of sp³-hybridized carbons (Fsp3) is 0.357. The second kappa shape index (κ2) is 11.6. The zero-order valence-electron chi connectivity index (χ0n) is 20.1. The number of anilines is 1. The highest BCUT2D eigenvalue weighted by atomic mass is 79.9. The Balaban J connectivity index is 1.15. The Morgan fingerprint density at radius 1 is 0.941 bits per heavy atom. The molecule has 0 saturated carbocycles. The van der Waals surface area contributed by atoms with Crippen LogP contribution in [-0.4, -0.2) is 55.1 Å². The van der Waals surface area contributed by atoms with E-state index in [9.17, 15) is 4.79 Å². The van der Waals surface area contributed by atoms with Crippen molar-refractivity contribution in [1.29, 1.82) is 0 Å². The molecule has 2 heterocycles. The van der Waals surface area contributed by atoms with Gasteiger partial charge in [0.2, 0.25) is 0 Å². The number of nitrogens with one attached hydrogen (secondary N) is 1. The first-order valence-electron chi connectivity index (χ1n) is 12.1. The zero-order chi connectivity index (χ0) is 23.9. The van der Waals surface area contributed by atoms with Gasteiger partial charge in [0, 0.05) is 60.2 Å². The van der Waals surface area contributed by atoms with E-state index in [0.29, 0.717) is 12.1 Å². The summed E-state index contributed by atoms with van der Waals surface area (Å²) < 4.78 is 1.18. The van der Waals surface area contributed by atoms with E-state index in [4.69, 9.17) is 0 Å². The van der Waals surface area contributed by atoms with Gasteiger partial charge in [0.15, 0.2) is 0 Å². The van der Waals surface area contributed by atoms with Crippen molar-refractivity contribution in [3.8, 4) is 11.3 Å². The first-order valence-corrected chi connectivity index (χ1v) is 12.8. The monoisotopic (exact) mass is 520 g/mol. The van der Waals surface area contributed by atoms with Gasteiger partial charge in [-0.3, -0.25) is 14.7 Å². The van der Waals surface area contributed by atoms with E-state index in [0.717, 1.165) is 56.8 Å². The second-order valence-corrected chi connectivity index (χ2v) is 9.75. The third-order valence-corrected chi connectivity index (χ3v) is 7.56. The van der Waals surface area contributed by atoms with Crippen LogP contribution < -0.4 is 10.2 Å². The Morgan fingerprint density at radius 3 is 2.41 bits per heavy atom. The molecule has 1 aliphatic rings. The molecule has 0 unspecified atom stereocenters. The third kappa shape index (κ3) is 6.05. The Kier molecular flexibility index (Phi) is 8.35. The van der Waals surface area contributed by atoms with Gasteiger partial charge in [-0.25, -0.2) is 0 Å². The number of amides is 1. The number of carbonyl (C=O) groups excluding carboxylic acids is 1. The molecule has 0 atom stereocenters. The summed E-state index contributed by atoms with van der Waals surface area (Å²) in [5.41, 5.74) is 6.67. The van der Waals surface area contributed by atoms with E-state index >= 15 is 0 Å². The number of rotatable bonds is 8. The molecule has 1 fully saturated rings. The first-order chi connectivity index (χ1) is 16.5. The molecule has 5 nitrogen and oxygen atoms in total. The zero-order valence-corrected chi connectivity index (χ0v) is 21.6. The molecule has 0 aliphatic carbocycles. The molecule has 1 aromatic heterocycles. The number of piperazine rings is 1. The largest absolute Gasteiger partial charge is 0.369 e. The Morgan fingerprint density at radius 2 is 1.71 bits per heavy atom. The number of nitrogens with zero attached hydrogens (tertiary/aromatic N) is 3. The number of benzene rings is 2. The molecular weight excluding hydrogens is 488 g/mol. The highest BCUT2D eigenvalue weighted by Gasteiger charge is 2.19. The maximum atomic E-state index is 12.5. The molecule has 1 saturated heterocycles. The number of halogens is 1. The Labute approximate surface area is 211 Å². The lowest BCUT2D eigenvalue weighted by Crippen LogP contribution is -2.47. The van der Waals surface area contributed by atoms with E-state index < -0.39 is 0 Å². The van der Waals surface area contributed by atoms with Gasteiger partial charge < -0.3 is 10.2 Å². The third-order valence-electron chi connectivity index (χ3n) is 6.70. The first kappa shape index (κ1) is 24.4. The van der Waals surface area contributed by atoms with E-state index in [1.165, 1.54) is 21.3 Å². The SMILES string of the molecule is Cc1c(Br)ccc(N2CCN(CCCCNC(=O)c3ccc(-c4ccccn4)cc3)CC2)c1C. The topological polar surface area (TPSA) is 48.5 Å². The summed E-state index contributed by atoms with van der Waals surface area (Å²) in [6.45, 7) is 10.5. The van der Waals surface area contributed by atoms with Crippen molar-refractivity contribution in [1.82, 2.24) is 15.2 Å². The normalized spacial score (nSPS) is 14.3. The molecule has 0 bridgehead atoms. The van der Waals surface area contributed by atoms with Gasteiger partial charge in [-0.1, -0.05) is 34.1 Å². The van der Waals surface area contributed by atoms with Gasteiger partial charge in [-0.15, -0.1) is 0 Å². The van der Waals surface area contributed by atoms with Crippen molar-refractivity contribution in [3.63, 3.8) is 0 Å². The molecule has 1 N–H and O–H groups in total. The summed E-state index contributed by atoms with van der Waals surface area (Å²) in [5.74, 6) is -0.0126. The van der Waals surface area contributed by atoms with E-state index in [-0.39, 0.29) is 5.91 Å². The van der Waals surface area contributed by atoms with Crippen LogP contribution in [0.15, 0.2) is 65.3 Å². The molecule has 6 heteroatoms. The van der Waals surface area contributed by atoms with Crippen LogP contribution in [0.1, 0.15) is 34.3 Å². The minimum atomic E-state index is -0.0126. The van der Waals surface area contributed by atoms with Gasteiger partial charge in [0.25, 0.3) is 5.91 Å². The molecule has 2 aromatic carbocycles. The number of hydrogen-bond acceptors (Lipinski definition) is 4. The molecule has 1 amide bonds. The standard InChI is InChI=1S/C28H33BrN4O/c1-21-22(2)27(13-12-25(21)29)33-19-17-32(18-20-33)16-6-5-15-31-28(34)24-10-8-23(9-11-24)26-7-3-4-14-30-26/h3-4,7-14H,5-6,15-20H2,1-2H3,(H,31,34). The van der Waals surface area contributed by atoms with Crippen LogP contribution in [0.5, 0.6) is 0 Å². The molecule has 4 rings (SSSR count). The molecule has 178 valence electrons. The number of carbonyl (C=O) groups is 1. The van der Waals surface area contributed by atoms with Gasteiger partial charge >= 0.3 is 0 Å². The fourth-order valence-electron chi connectivity index (χ4n) is 4.42. The maximum Gasteiger partial charge on any atom is 0.251 e. The van der Waals surface area contributed by atoms with E-state index in [1.54, 1.807) is 6.20 Å². The van der Waals surface area contributed by atoms with Crippen molar-refractivity contribution >= 4 is 27.5 Å². The summed E-state index contributed by atoms with van der Waals surface area (Å²) in [6.07, 6.45) is 3.86. The van der Waals surface area contributed by atoms with Crippen LogP contribution in [0.25, 0.3) is 11.3 Å². The van der Waals surface area contributed by atoms with Crippen LogP contribution in [0, 0.1) is 13.8 Å². The lowest BCUT2D eigenvalue weighted by Gasteiger charge is -2.37. The van der Waals surface area contributed by atoms with Gasteiger partial charge in [-0.05, 0) is 80.8 Å². The van der Waals surface area contributed by atoms with Crippen molar-refractivity contribution in [2.24, 2.45) is 0 Å². The number of pyridine rings is 1. The average molecular weight is 522 g/mol. The molecule has 34 heavy (non-hydrogen) atoms. The molecule has 1 aliphatic heterocycles. The van der Waals surface area contributed by atoms with Gasteiger partial charge in [-0.2, -0.15) is 0 Å².